The van der Waals surface area contributed by atoms with Crippen molar-refractivity contribution < 1.29 is 18.1 Å². The molecule has 6 nitrogen and oxygen atoms in total. The summed E-state index contributed by atoms with van der Waals surface area (Å²) < 4.78 is 24.3. The minimum Gasteiger partial charge on any atom is -0.444 e. The highest BCUT2D eigenvalue weighted by molar-refractivity contribution is 9.10. The molecule has 1 atom stereocenters. The molecule has 0 saturated carbocycles. The molecule has 9 heteroatoms. The quantitative estimate of drug-likeness (QED) is 0.601. The van der Waals surface area contributed by atoms with Gasteiger partial charge in [0.1, 0.15) is 5.82 Å². The number of likely N-dealkylation sites (tertiary alicyclic amines) is 1. The Kier molecular flexibility index (Phi) is 4.54. The van der Waals surface area contributed by atoms with E-state index in [1.807, 2.05) is 0 Å². The van der Waals surface area contributed by atoms with Crippen LogP contribution in [0.15, 0.2) is 43.9 Å². The number of hydrogen-bond donors (Lipinski definition) is 0. The van der Waals surface area contributed by atoms with Crippen LogP contribution in [0.25, 0.3) is 11.7 Å². The second-order valence-corrected chi connectivity index (χ2v) is 7.16. The first-order valence-electron chi connectivity index (χ1n) is 7.80. The van der Waals surface area contributed by atoms with Gasteiger partial charge in [0.15, 0.2) is 16.3 Å². The van der Waals surface area contributed by atoms with Crippen molar-refractivity contribution in [3.05, 3.63) is 57.2 Å². The molecule has 4 rings (SSSR count). The lowest BCUT2D eigenvalue weighted by Gasteiger charge is -2.17. The highest BCUT2D eigenvalue weighted by atomic mass is 79.9. The van der Waals surface area contributed by atoms with Crippen molar-refractivity contribution in [1.29, 1.82) is 0 Å². The van der Waals surface area contributed by atoms with Gasteiger partial charge < -0.3 is 13.8 Å². The second kappa shape index (κ2) is 6.85. The molecule has 0 spiro atoms. The summed E-state index contributed by atoms with van der Waals surface area (Å²) in [6.07, 6.45) is 0.277. The summed E-state index contributed by atoms with van der Waals surface area (Å²) in [7, 11) is 0. The number of halogens is 3. The average Bonchev–Trinajstić information content (AvgIpc) is 3.30. The van der Waals surface area contributed by atoms with E-state index in [0.29, 0.717) is 39.9 Å². The average molecular weight is 441 g/mol. The van der Waals surface area contributed by atoms with E-state index in [1.165, 1.54) is 12.1 Å². The molecule has 2 aromatic heterocycles. The second-order valence-electron chi connectivity index (χ2n) is 5.97. The van der Waals surface area contributed by atoms with Gasteiger partial charge in [0.05, 0.1) is 0 Å². The molecule has 26 heavy (non-hydrogen) atoms. The van der Waals surface area contributed by atoms with Crippen molar-refractivity contribution >= 4 is 33.4 Å². The predicted molar refractivity (Wildman–Crippen MR) is 93.9 cm³/mol. The van der Waals surface area contributed by atoms with E-state index in [1.54, 1.807) is 23.1 Å². The zero-order chi connectivity index (χ0) is 18.3. The Balaban J connectivity index is 1.48. The fourth-order valence-electron chi connectivity index (χ4n) is 2.88. The molecule has 0 bridgehead atoms. The molecule has 1 unspecified atom stereocenters. The van der Waals surface area contributed by atoms with Crippen molar-refractivity contribution in [2.24, 2.45) is 0 Å². The summed E-state index contributed by atoms with van der Waals surface area (Å²) in [5, 5.41) is 4.27. The van der Waals surface area contributed by atoms with Crippen molar-refractivity contribution in [3.63, 3.8) is 0 Å². The van der Waals surface area contributed by atoms with Gasteiger partial charge in [0.2, 0.25) is 5.91 Å². The minimum absolute atomic E-state index is 0.0394. The Hall–Kier alpha value is -2.19. The van der Waals surface area contributed by atoms with Gasteiger partial charge in [-0.05, 0) is 45.8 Å². The third-order valence-corrected chi connectivity index (χ3v) is 4.96. The van der Waals surface area contributed by atoms with Crippen LogP contribution in [0, 0.1) is 5.82 Å². The highest BCUT2D eigenvalue weighted by Crippen LogP contribution is 2.31. The first-order chi connectivity index (χ1) is 12.5. The Morgan fingerprint density at radius 3 is 2.92 bits per heavy atom. The molecule has 0 radical (unpaired) electrons. The number of rotatable bonds is 4. The van der Waals surface area contributed by atoms with E-state index in [0.717, 1.165) is 0 Å². The van der Waals surface area contributed by atoms with E-state index in [2.05, 4.69) is 26.1 Å². The van der Waals surface area contributed by atoms with Crippen LogP contribution in [0.5, 0.6) is 0 Å². The zero-order valence-corrected chi connectivity index (χ0v) is 15.6. The first kappa shape index (κ1) is 17.2. The van der Waals surface area contributed by atoms with Gasteiger partial charge >= 0.3 is 0 Å². The largest absolute Gasteiger partial charge is 0.444 e. The molecule has 0 N–H and O–H groups in total. The summed E-state index contributed by atoms with van der Waals surface area (Å²) in [4.78, 5) is 18.3. The van der Waals surface area contributed by atoms with E-state index in [4.69, 9.17) is 20.5 Å². The first-order valence-corrected chi connectivity index (χ1v) is 8.97. The smallest absolute Gasteiger partial charge is 0.293 e. The number of carbonyl (C=O) groups excluding carboxylic acids is 1. The lowest BCUT2D eigenvalue weighted by Crippen LogP contribution is -2.24. The number of carbonyl (C=O) groups is 1. The van der Waals surface area contributed by atoms with Gasteiger partial charge in [-0.2, -0.15) is 4.98 Å². The van der Waals surface area contributed by atoms with Gasteiger partial charge in [0.25, 0.3) is 5.89 Å². The van der Waals surface area contributed by atoms with E-state index < -0.39 is 5.82 Å². The zero-order valence-electron chi connectivity index (χ0n) is 13.3. The molecule has 1 aliphatic heterocycles. The molecule has 1 aromatic carbocycles. The molecular weight excluding hydrogens is 429 g/mol. The fourth-order valence-corrected chi connectivity index (χ4v) is 3.42. The molecule has 0 aliphatic carbocycles. The molecule has 1 aliphatic rings. The monoisotopic (exact) mass is 439 g/mol. The van der Waals surface area contributed by atoms with Crippen molar-refractivity contribution in [3.8, 4) is 11.7 Å². The molecule has 3 heterocycles. The summed E-state index contributed by atoms with van der Waals surface area (Å²) in [5.74, 6) is 0.537. The lowest BCUT2D eigenvalue weighted by atomic mass is 10.1. The van der Waals surface area contributed by atoms with Crippen LogP contribution in [0.2, 0.25) is 5.02 Å². The number of benzene rings is 1. The molecule has 3 aromatic rings. The Bertz CT molecular complexity index is 974. The van der Waals surface area contributed by atoms with Crippen LogP contribution in [0.1, 0.15) is 23.7 Å². The van der Waals surface area contributed by atoms with Gasteiger partial charge in [0, 0.05) is 30.5 Å². The summed E-state index contributed by atoms with van der Waals surface area (Å²) in [5.41, 5.74) is 0.691. The normalized spacial score (nSPS) is 17.3. The van der Waals surface area contributed by atoms with Crippen LogP contribution in [0.3, 0.4) is 0 Å². The maximum absolute atomic E-state index is 13.2. The fraction of sp³-hybridized carbons (Fsp3) is 0.235. The van der Waals surface area contributed by atoms with Crippen molar-refractivity contribution in [2.45, 2.75) is 18.9 Å². The number of amides is 1. The van der Waals surface area contributed by atoms with E-state index in [9.17, 15) is 9.18 Å². The van der Waals surface area contributed by atoms with Gasteiger partial charge in [-0.3, -0.25) is 4.79 Å². The van der Waals surface area contributed by atoms with Crippen molar-refractivity contribution in [2.75, 3.05) is 6.54 Å². The molecule has 1 saturated heterocycles. The topological polar surface area (TPSA) is 72.4 Å². The van der Waals surface area contributed by atoms with Gasteiger partial charge in [-0.25, -0.2) is 4.39 Å². The number of furan rings is 1. The maximum Gasteiger partial charge on any atom is 0.293 e. The molecule has 1 fully saturated rings. The van der Waals surface area contributed by atoms with Crippen LogP contribution < -0.4 is 0 Å². The van der Waals surface area contributed by atoms with Crippen LogP contribution in [0.4, 0.5) is 4.39 Å². The predicted octanol–water partition coefficient (Wildman–Crippen LogP) is 4.40. The summed E-state index contributed by atoms with van der Waals surface area (Å²) in [6.45, 7) is 0.748. The lowest BCUT2D eigenvalue weighted by molar-refractivity contribution is -0.128. The number of nitrogens with zero attached hydrogens (tertiary/aromatic N) is 3. The Morgan fingerprint density at radius 2 is 2.19 bits per heavy atom. The minimum atomic E-state index is -0.409. The SMILES string of the molecule is O=C1CC(c2noc(-c3ccc(Br)o3)n2)CN1Cc1ccc(F)cc1Cl. The molecule has 134 valence electrons. The van der Waals surface area contributed by atoms with E-state index in [-0.39, 0.29) is 24.1 Å². The van der Waals surface area contributed by atoms with Crippen LogP contribution in [-0.2, 0) is 11.3 Å². The van der Waals surface area contributed by atoms with Gasteiger partial charge in [-0.1, -0.05) is 22.8 Å². The standard InChI is InChI=1S/C17H12BrClFN3O3/c18-14-4-3-13(25-14)17-21-16(22-26-17)10-5-15(24)23(8-10)7-9-1-2-11(20)6-12(9)19/h1-4,6,10H,5,7-8H2. The Morgan fingerprint density at radius 1 is 1.35 bits per heavy atom. The van der Waals surface area contributed by atoms with Gasteiger partial charge in [-0.15, -0.1) is 0 Å². The Labute approximate surface area is 161 Å². The van der Waals surface area contributed by atoms with Crippen LogP contribution in [-0.4, -0.2) is 27.5 Å². The van der Waals surface area contributed by atoms with Crippen molar-refractivity contribution in [1.82, 2.24) is 15.0 Å². The third kappa shape index (κ3) is 3.39. The number of hydrogen-bond acceptors (Lipinski definition) is 5. The highest BCUT2D eigenvalue weighted by Gasteiger charge is 2.34. The summed E-state index contributed by atoms with van der Waals surface area (Å²) in [6, 6.07) is 7.59. The summed E-state index contributed by atoms with van der Waals surface area (Å²) >= 11 is 9.27. The maximum atomic E-state index is 13.2. The molecule has 1 amide bonds. The van der Waals surface area contributed by atoms with E-state index >= 15 is 0 Å². The molecular formula is C17H12BrClFN3O3. The third-order valence-electron chi connectivity index (χ3n) is 4.18. The number of aromatic nitrogens is 2. The van der Waals surface area contributed by atoms with Crippen LogP contribution >= 0.6 is 27.5 Å².